The molecular weight excluding hydrogens is 406 g/mol. The SMILES string of the molecule is CCOC(=O)[C@@H](NC(=O)c1cnn(C(C)(C)C)c1)c1c(C)nn(Cc2ccccc2)c1C. The standard InChI is InChI=1S/C24H31N5O3/c1-7-32-23(31)21(26-22(30)19-13-25-29(15-19)24(4,5)6)20-16(2)27-28(17(20)3)14-18-11-9-8-10-12-18/h8-13,15,21H,7,14H2,1-6H3,(H,26,30)/t21-/m0/s1. The molecule has 2 heterocycles. The Labute approximate surface area is 188 Å². The molecule has 3 rings (SSSR count). The van der Waals surface area contributed by atoms with Crippen molar-refractivity contribution >= 4 is 11.9 Å². The lowest BCUT2D eigenvalue weighted by Gasteiger charge is -2.19. The van der Waals surface area contributed by atoms with Gasteiger partial charge in [0.15, 0.2) is 6.04 Å². The van der Waals surface area contributed by atoms with E-state index in [1.165, 1.54) is 6.20 Å². The van der Waals surface area contributed by atoms with Crippen molar-refractivity contribution in [2.24, 2.45) is 0 Å². The van der Waals surface area contributed by atoms with Crippen LogP contribution in [-0.2, 0) is 21.6 Å². The van der Waals surface area contributed by atoms with Gasteiger partial charge in [0, 0.05) is 17.5 Å². The number of carbonyl (C=O) groups excluding carboxylic acids is 2. The van der Waals surface area contributed by atoms with E-state index < -0.39 is 17.9 Å². The number of aromatic nitrogens is 4. The maximum absolute atomic E-state index is 13.0. The summed E-state index contributed by atoms with van der Waals surface area (Å²) < 4.78 is 8.84. The molecule has 0 aliphatic rings. The highest BCUT2D eigenvalue weighted by molar-refractivity contribution is 5.96. The Kier molecular flexibility index (Phi) is 6.81. The van der Waals surface area contributed by atoms with Crippen LogP contribution in [0.4, 0.5) is 0 Å². The zero-order valence-corrected chi connectivity index (χ0v) is 19.5. The maximum Gasteiger partial charge on any atom is 0.333 e. The molecule has 2 aromatic heterocycles. The van der Waals surface area contributed by atoms with Gasteiger partial charge in [-0.3, -0.25) is 14.2 Å². The molecule has 0 fully saturated rings. The largest absolute Gasteiger partial charge is 0.464 e. The zero-order valence-electron chi connectivity index (χ0n) is 19.5. The first kappa shape index (κ1) is 23.2. The molecule has 0 spiro atoms. The number of carbonyl (C=O) groups is 2. The van der Waals surface area contributed by atoms with Crippen molar-refractivity contribution in [3.05, 3.63) is 70.8 Å². The van der Waals surface area contributed by atoms with Gasteiger partial charge in [0.1, 0.15) is 0 Å². The van der Waals surface area contributed by atoms with E-state index in [-0.39, 0.29) is 12.1 Å². The highest BCUT2D eigenvalue weighted by Gasteiger charge is 2.31. The fraction of sp³-hybridized carbons (Fsp3) is 0.417. The number of esters is 1. The summed E-state index contributed by atoms with van der Waals surface area (Å²) in [6.45, 7) is 12.2. The van der Waals surface area contributed by atoms with E-state index in [2.05, 4.69) is 15.5 Å². The Morgan fingerprint density at radius 2 is 1.84 bits per heavy atom. The average molecular weight is 438 g/mol. The van der Waals surface area contributed by atoms with Gasteiger partial charge in [0.25, 0.3) is 5.91 Å². The molecule has 170 valence electrons. The molecule has 0 saturated carbocycles. The van der Waals surface area contributed by atoms with Crippen LogP contribution in [0, 0.1) is 13.8 Å². The van der Waals surface area contributed by atoms with Gasteiger partial charge in [-0.2, -0.15) is 10.2 Å². The minimum atomic E-state index is -0.968. The summed E-state index contributed by atoms with van der Waals surface area (Å²) in [5, 5.41) is 11.7. The summed E-state index contributed by atoms with van der Waals surface area (Å²) in [4.78, 5) is 25.9. The van der Waals surface area contributed by atoms with Crippen LogP contribution < -0.4 is 5.32 Å². The van der Waals surface area contributed by atoms with E-state index in [1.54, 1.807) is 17.8 Å². The number of ether oxygens (including phenoxy) is 1. The normalized spacial score (nSPS) is 12.4. The Morgan fingerprint density at radius 1 is 1.16 bits per heavy atom. The molecule has 1 N–H and O–H groups in total. The van der Waals surface area contributed by atoms with Crippen molar-refractivity contribution in [2.75, 3.05) is 6.61 Å². The van der Waals surface area contributed by atoms with E-state index in [0.717, 1.165) is 11.3 Å². The van der Waals surface area contributed by atoms with Gasteiger partial charge in [-0.1, -0.05) is 30.3 Å². The molecular formula is C24H31N5O3. The monoisotopic (exact) mass is 437 g/mol. The summed E-state index contributed by atoms with van der Waals surface area (Å²) in [7, 11) is 0. The Hall–Kier alpha value is -3.42. The Balaban J connectivity index is 1.91. The van der Waals surface area contributed by atoms with Crippen LogP contribution in [0.5, 0.6) is 0 Å². The molecule has 8 nitrogen and oxygen atoms in total. The first-order valence-corrected chi connectivity index (χ1v) is 10.7. The van der Waals surface area contributed by atoms with Crippen molar-refractivity contribution < 1.29 is 14.3 Å². The molecule has 3 aromatic rings. The topological polar surface area (TPSA) is 91.0 Å². The molecule has 8 heteroatoms. The highest BCUT2D eigenvalue weighted by atomic mass is 16.5. The summed E-state index contributed by atoms with van der Waals surface area (Å²) in [5.41, 5.74) is 3.33. The highest BCUT2D eigenvalue weighted by Crippen LogP contribution is 2.25. The van der Waals surface area contributed by atoms with E-state index in [9.17, 15) is 9.59 Å². The van der Waals surface area contributed by atoms with E-state index in [1.807, 2.05) is 69.6 Å². The van der Waals surface area contributed by atoms with Gasteiger partial charge in [-0.25, -0.2) is 4.79 Å². The van der Waals surface area contributed by atoms with Crippen molar-refractivity contribution in [1.82, 2.24) is 24.9 Å². The predicted molar refractivity (Wildman–Crippen MR) is 121 cm³/mol. The van der Waals surface area contributed by atoms with Gasteiger partial charge in [-0.05, 0) is 47.1 Å². The Morgan fingerprint density at radius 3 is 2.44 bits per heavy atom. The fourth-order valence-corrected chi connectivity index (χ4v) is 3.53. The predicted octanol–water partition coefficient (Wildman–Crippen LogP) is 3.53. The van der Waals surface area contributed by atoms with Crippen LogP contribution in [0.1, 0.15) is 66.6 Å². The third-order valence-corrected chi connectivity index (χ3v) is 5.23. The van der Waals surface area contributed by atoms with Gasteiger partial charge in [-0.15, -0.1) is 0 Å². The smallest absolute Gasteiger partial charge is 0.333 e. The molecule has 0 aliphatic heterocycles. The minimum Gasteiger partial charge on any atom is -0.464 e. The molecule has 0 aliphatic carbocycles. The van der Waals surface area contributed by atoms with Crippen LogP contribution >= 0.6 is 0 Å². The maximum atomic E-state index is 13.0. The van der Waals surface area contributed by atoms with Gasteiger partial charge >= 0.3 is 5.97 Å². The van der Waals surface area contributed by atoms with Crippen molar-refractivity contribution in [2.45, 2.75) is 59.7 Å². The third-order valence-electron chi connectivity index (χ3n) is 5.23. The van der Waals surface area contributed by atoms with E-state index >= 15 is 0 Å². The number of nitrogens with one attached hydrogen (secondary N) is 1. The summed E-state index contributed by atoms with van der Waals surface area (Å²) in [5.74, 6) is -0.914. The van der Waals surface area contributed by atoms with Crippen LogP contribution in [0.15, 0.2) is 42.7 Å². The summed E-state index contributed by atoms with van der Waals surface area (Å²) in [6, 6.07) is 8.98. The van der Waals surface area contributed by atoms with Gasteiger partial charge in [0.05, 0.1) is 36.1 Å². The number of benzene rings is 1. The van der Waals surface area contributed by atoms with Crippen molar-refractivity contribution in [1.29, 1.82) is 0 Å². The number of amides is 1. The molecule has 1 aromatic carbocycles. The molecule has 32 heavy (non-hydrogen) atoms. The van der Waals surface area contributed by atoms with Crippen LogP contribution in [-0.4, -0.2) is 38.0 Å². The second-order valence-electron chi connectivity index (χ2n) is 8.73. The first-order chi connectivity index (χ1) is 15.1. The van der Waals surface area contributed by atoms with Crippen LogP contribution in [0.2, 0.25) is 0 Å². The van der Waals surface area contributed by atoms with Crippen molar-refractivity contribution in [3.8, 4) is 0 Å². The minimum absolute atomic E-state index is 0.212. The number of nitrogens with zero attached hydrogens (tertiary/aromatic N) is 4. The van der Waals surface area contributed by atoms with Gasteiger partial charge in [0.2, 0.25) is 0 Å². The Bertz CT molecular complexity index is 1090. The molecule has 1 amide bonds. The van der Waals surface area contributed by atoms with E-state index in [0.29, 0.717) is 23.4 Å². The lowest BCUT2D eigenvalue weighted by molar-refractivity contribution is -0.145. The number of aryl methyl sites for hydroxylation is 1. The quantitative estimate of drug-likeness (QED) is 0.571. The molecule has 0 unspecified atom stereocenters. The lowest BCUT2D eigenvalue weighted by Crippen LogP contribution is -2.35. The number of hydrogen-bond acceptors (Lipinski definition) is 5. The summed E-state index contributed by atoms with van der Waals surface area (Å²) in [6.07, 6.45) is 3.18. The van der Waals surface area contributed by atoms with Crippen LogP contribution in [0.25, 0.3) is 0 Å². The lowest BCUT2D eigenvalue weighted by atomic mass is 10.0. The van der Waals surface area contributed by atoms with Crippen LogP contribution in [0.3, 0.4) is 0 Å². The average Bonchev–Trinajstić information content (AvgIpc) is 3.33. The van der Waals surface area contributed by atoms with E-state index in [4.69, 9.17) is 4.74 Å². The molecule has 0 saturated heterocycles. The fourth-order valence-electron chi connectivity index (χ4n) is 3.53. The molecule has 0 radical (unpaired) electrons. The summed E-state index contributed by atoms with van der Waals surface area (Å²) >= 11 is 0. The third kappa shape index (κ3) is 5.07. The number of hydrogen-bond donors (Lipinski definition) is 1. The second-order valence-corrected chi connectivity index (χ2v) is 8.73. The first-order valence-electron chi connectivity index (χ1n) is 10.7. The molecule has 0 bridgehead atoms. The molecule has 1 atom stereocenters. The second kappa shape index (κ2) is 9.38. The van der Waals surface area contributed by atoms with Gasteiger partial charge < -0.3 is 10.1 Å². The zero-order chi connectivity index (χ0) is 23.5. The van der Waals surface area contributed by atoms with Crippen molar-refractivity contribution in [3.63, 3.8) is 0 Å². The number of rotatable bonds is 7.